The molecule has 0 aromatic heterocycles. The SMILES string of the molecule is O=C(Nc1ccc(C(=O)NC2CCCCC2)cc1)Nc1cccc(Cl)c1. The van der Waals surface area contributed by atoms with Gasteiger partial charge in [0.15, 0.2) is 0 Å². The molecule has 3 amide bonds. The van der Waals surface area contributed by atoms with Gasteiger partial charge in [-0.1, -0.05) is 36.9 Å². The first kappa shape index (κ1) is 18.3. The van der Waals surface area contributed by atoms with Gasteiger partial charge in [-0.05, 0) is 55.3 Å². The summed E-state index contributed by atoms with van der Waals surface area (Å²) >= 11 is 5.90. The van der Waals surface area contributed by atoms with E-state index in [1.807, 2.05) is 0 Å². The fraction of sp³-hybridized carbons (Fsp3) is 0.300. The molecule has 5 nitrogen and oxygen atoms in total. The van der Waals surface area contributed by atoms with Crippen LogP contribution in [0.2, 0.25) is 5.02 Å². The van der Waals surface area contributed by atoms with Gasteiger partial charge < -0.3 is 16.0 Å². The van der Waals surface area contributed by atoms with E-state index in [-0.39, 0.29) is 18.0 Å². The highest BCUT2D eigenvalue weighted by Gasteiger charge is 2.16. The first-order valence-electron chi connectivity index (χ1n) is 8.85. The van der Waals surface area contributed by atoms with Crippen molar-refractivity contribution >= 4 is 34.9 Å². The Kier molecular flexibility index (Phi) is 6.12. The molecule has 6 heteroatoms. The van der Waals surface area contributed by atoms with E-state index < -0.39 is 0 Å². The Balaban J connectivity index is 1.53. The summed E-state index contributed by atoms with van der Waals surface area (Å²) in [5.74, 6) is -0.0631. The monoisotopic (exact) mass is 371 g/mol. The molecule has 1 fully saturated rings. The normalized spacial score (nSPS) is 14.5. The minimum atomic E-state index is -0.369. The number of carbonyl (C=O) groups is 2. The first-order chi connectivity index (χ1) is 12.6. The van der Waals surface area contributed by atoms with E-state index in [0.29, 0.717) is 22.0 Å². The second-order valence-electron chi connectivity index (χ2n) is 6.48. The maximum atomic E-state index is 12.3. The molecule has 0 saturated heterocycles. The Bertz CT molecular complexity index is 771. The van der Waals surface area contributed by atoms with Crippen molar-refractivity contribution in [3.05, 3.63) is 59.1 Å². The summed E-state index contributed by atoms with van der Waals surface area (Å²) in [6, 6.07) is 13.7. The van der Waals surface area contributed by atoms with Gasteiger partial charge in [-0.15, -0.1) is 0 Å². The first-order valence-corrected chi connectivity index (χ1v) is 9.22. The predicted octanol–water partition coefficient (Wildman–Crippen LogP) is 5.05. The van der Waals surface area contributed by atoms with Crippen molar-refractivity contribution in [2.45, 2.75) is 38.1 Å². The number of rotatable bonds is 4. The second-order valence-corrected chi connectivity index (χ2v) is 6.91. The van der Waals surface area contributed by atoms with Crippen LogP contribution in [0.1, 0.15) is 42.5 Å². The van der Waals surface area contributed by atoms with Crippen LogP contribution in [-0.4, -0.2) is 18.0 Å². The van der Waals surface area contributed by atoms with E-state index in [1.54, 1.807) is 48.5 Å². The highest BCUT2D eigenvalue weighted by atomic mass is 35.5. The molecule has 2 aromatic carbocycles. The average molecular weight is 372 g/mol. The number of anilines is 2. The average Bonchev–Trinajstić information content (AvgIpc) is 2.63. The van der Waals surface area contributed by atoms with Crippen LogP contribution in [-0.2, 0) is 0 Å². The van der Waals surface area contributed by atoms with Crippen LogP contribution in [0.3, 0.4) is 0 Å². The van der Waals surface area contributed by atoms with Crippen molar-refractivity contribution in [2.24, 2.45) is 0 Å². The number of hydrogen-bond donors (Lipinski definition) is 3. The maximum absolute atomic E-state index is 12.3. The van der Waals surface area contributed by atoms with E-state index in [1.165, 1.54) is 19.3 Å². The summed E-state index contributed by atoms with van der Waals surface area (Å²) in [6.45, 7) is 0. The Morgan fingerprint density at radius 2 is 1.58 bits per heavy atom. The number of nitrogens with one attached hydrogen (secondary N) is 3. The third-order valence-electron chi connectivity index (χ3n) is 4.43. The van der Waals surface area contributed by atoms with Gasteiger partial charge in [0.1, 0.15) is 0 Å². The lowest BCUT2D eigenvalue weighted by Gasteiger charge is -2.22. The molecule has 1 saturated carbocycles. The largest absolute Gasteiger partial charge is 0.349 e. The summed E-state index contributed by atoms with van der Waals surface area (Å²) in [6.07, 6.45) is 5.71. The number of halogens is 1. The Hall–Kier alpha value is -2.53. The van der Waals surface area contributed by atoms with Gasteiger partial charge in [0.05, 0.1) is 0 Å². The van der Waals surface area contributed by atoms with Gasteiger partial charge in [-0.2, -0.15) is 0 Å². The third-order valence-corrected chi connectivity index (χ3v) is 4.66. The maximum Gasteiger partial charge on any atom is 0.323 e. The molecule has 3 N–H and O–H groups in total. The topological polar surface area (TPSA) is 70.2 Å². The van der Waals surface area contributed by atoms with E-state index in [2.05, 4.69) is 16.0 Å². The molecule has 2 aromatic rings. The zero-order valence-electron chi connectivity index (χ0n) is 14.4. The molecule has 0 heterocycles. The molecule has 136 valence electrons. The Labute approximate surface area is 158 Å². The fourth-order valence-electron chi connectivity index (χ4n) is 3.08. The number of amides is 3. The van der Waals surface area contributed by atoms with E-state index >= 15 is 0 Å². The van der Waals surface area contributed by atoms with Crippen LogP contribution in [0.25, 0.3) is 0 Å². The van der Waals surface area contributed by atoms with Crippen molar-refractivity contribution in [3.8, 4) is 0 Å². The van der Waals surface area contributed by atoms with Crippen LogP contribution in [0, 0.1) is 0 Å². The molecule has 0 aliphatic heterocycles. The molecule has 1 aliphatic rings. The molecule has 3 rings (SSSR count). The highest BCUT2D eigenvalue weighted by Crippen LogP contribution is 2.19. The standard InChI is InChI=1S/C20H22ClN3O2/c21-15-5-4-8-18(13-15)24-20(26)23-17-11-9-14(10-12-17)19(25)22-16-6-2-1-3-7-16/h4-5,8-13,16H,1-3,6-7H2,(H,22,25)(H2,23,24,26). The van der Waals surface area contributed by atoms with Crippen LogP contribution < -0.4 is 16.0 Å². The third kappa shape index (κ3) is 5.23. The molecule has 0 radical (unpaired) electrons. The summed E-state index contributed by atoms with van der Waals surface area (Å²) in [7, 11) is 0. The second kappa shape index (κ2) is 8.72. The Morgan fingerprint density at radius 3 is 2.27 bits per heavy atom. The summed E-state index contributed by atoms with van der Waals surface area (Å²) in [5.41, 5.74) is 1.81. The number of hydrogen-bond acceptors (Lipinski definition) is 2. The lowest BCUT2D eigenvalue weighted by atomic mass is 9.95. The fourth-order valence-corrected chi connectivity index (χ4v) is 3.27. The van der Waals surface area contributed by atoms with E-state index in [0.717, 1.165) is 12.8 Å². The van der Waals surface area contributed by atoms with Gasteiger partial charge in [0.2, 0.25) is 0 Å². The molecule has 26 heavy (non-hydrogen) atoms. The summed E-state index contributed by atoms with van der Waals surface area (Å²) in [4.78, 5) is 24.3. The summed E-state index contributed by atoms with van der Waals surface area (Å²) in [5, 5.41) is 9.08. The summed E-state index contributed by atoms with van der Waals surface area (Å²) < 4.78 is 0. The quantitative estimate of drug-likeness (QED) is 0.704. The molecule has 0 spiro atoms. The van der Waals surface area contributed by atoms with Crippen molar-refractivity contribution in [3.63, 3.8) is 0 Å². The molecule has 0 unspecified atom stereocenters. The zero-order valence-corrected chi connectivity index (χ0v) is 15.2. The van der Waals surface area contributed by atoms with Gasteiger partial charge >= 0.3 is 6.03 Å². The van der Waals surface area contributed by atoms with Crippen molar-refractivity contribution in [2.75, 3.05) is 10.6 Å². The van der Waals surface area contributed by atoms with Crippen molar-refractivity contribution < 1.29 is 9.59 Å². The lowest BCUT2D eigenvalue weighted by molar-refractivity contribution is 0.0927. The van der Waals surface area contributed by atoms with Gasteiger partial charge in [0, 0.05) is 28.0 Å². The smallest absolute Gasteiger partial charge is 0.323 e. The van der Waals surface area contributed by atoms with E-state index in [9.17, 15) is 9.59 Å². The van der Waals surface area contributed by atoms with Crippen LogP contribution >= 0.6 is 11.6 Å². The number of benzene rings is 2. The van der Waals surface area contributed by atoms with Crippen molar-refractivity contribution in [1.82, 2.24) is 5.32 Å². The molecule has 1 aliphatic carbocycles. The molecule has 0 bridgehead atoms. The van der Waals surface area contributed by atoms with Crippen LogP contribution in [0.5, 0.6) is 0 Å². The highest BCUT2D eigenvalue weighted by molar-refractivity contribution is 6.30. The molecule has 0 atom stereocenters. The van der Waals surface area contributed by atoms with Crippen LogP contribution in [0.15, 0.2) is 48.5 Å². The lowest BCUT2D eigenvalue weighted by Crippen LogP contribution is -2.36. The van der Waals surface area contributed by atoms with Gasteiger partial charge in [-0.25, -0.2) is 4.79 Å². The molecular formula is C20H22ClN3O2. The van der Waals surface area contributed by atoms with E-state index in [4.69, 9.17) is 11.6 Å². The van der Waals surface area contributed by atoms with Gasteiger partial charge in [-0.3, -0.25) is 4.79 Å². The van der Waals surface area contributed by atoms with Crippen LogP contribution in [0.4, 0.5) is 16.2 Å². The number of urea groups is 1. The minimum absolute atomic E-state index is 0.0631. The number of carbonyl (C=O) groups excluding carboxylic acids is 2. The zero-order chi connectivity index (χ0) is 18.4. The van der Waals surface area contributed by atoms with Crippen molar-refractivity contribution in [1.29, 1.82) is 0 Å². The van der Waals surface area contributed by atoms with Gasteiger partial charge in [0.25, 0.3) is 5.91 Å². The predicted molar refractivity (Wildman–Crippen MR) is 105 cm³/mol. The minimum Gasteiger partial charge on any atom is -0.349 e. The Morgan fingerprint density at radius 1 is 0.885 bits per heavy atom. The molecular weight excluding hydrogens is 350 g/mol.